The summed E-state index contributed by atoms with van der Waals surface area (Å²) in [6.45, 7) is 6.89. The Morgan fingerprint density at radius 2 is 2.00 bits per heavy atom. The summed E-state index contributed by atoms with van der Waals surface area (Å²) in [4.78, 5) is 28.1. The van der Waals surface area contributed by atoms with Gasteiger partial charge >= 0.3 is 0 Å². The number of rotatable bonds is 8. The van der Waals surface area contributed by atoms with Crippen LogP contribution in [-0.2, 0) is 19.7 Å². The van der Waals surface area contributed by atoms with Gasteiger partial charge in [-0.05, 0) is 36.2 Å². The van der Waals surface area contributed by atoms with Gasteiger partial charge in [-0.1, -0.05) is 56.6 Å². The predicted octanol–water partition coefficient (Wildman–Crippen LogP) is 5.28. The monoisotopic (exact) mass is 558 g/mol. The van der Waals surface area contributed by atoms with Crippen molar-refractivity contribution in [3.05, 3.63) is 76.2 Å². The van der Waals surface area contributed by atoms with Crippen LogP contribution in [0.1, 0.15) is 49.3 Å². The largest absolute Gasteiger partial charge is 0.385 e. The Balaban J connectivity index is 1.92. The molecule has 10 heteroatoms. The van der Waals surface area contributed by atoms with Crippen molar-refractivity contribution in [1.82, 2.24) is 15.1 Å². The Labute approximate surface area is 231 Å². The van der Waals surface area contributed by atoms with Gasteiger partial charge in [0.25, 0.3) is 0 Å². The molecule has 1 aliphatic heterocycles. The van der Waals surface area contributed by atoms with Crippen molar-refractivity contribution in [1.29, 1.82) is 0 Å². The maximum Gasteiger partial charge on any atom is 0.240 e. The standard InChI is InChI=1S/C28H32ClFN4O3S/c1-28(2,3)26-24-25(18-9-7-10-19(30)15-18)38-17-23(36)33(16-22(35)31-13-8-14-37-4)27(24)34(32-26)21-12-6-5-11-20(21)29/h5-7,9-12,15,25H,8,13-14,16-17H2,1-4H3,(H,31,35)/t25-/m1/s1. The smallest absolute Gasteiger partial charge is 0.240 e. The van der Waals surface area contributed by atoms with E-state index < -0.39 is 5.41 Å². The first-order valence-corrected chi connectivity index (χ1v) is 13.9. The summed E-state index contributed by atoms with van der Waals surface area (Å²) < 4.78 is 21.1. The SMILES string of the molecule is COCCCNC(=O)CN1C(=O)CS[C@H](c2cccc(F)c2)c2c(C(C)(C)C)nn(-c3ccccc3Cl)c21. The Morgan fingerprint density at radius 1 is 1.24 bits per heavy atom. The normalized spacial score (nSPS) is 15.8. The summed E-state index contributed by atoms with van der Waals surface area (Å²) in [6, 6.07) is 13.6. The van der Waals surface area contributed by atoms with Crippen molar-refractivity contribution in [3.63, 3.8) is 0 Å². The molecule has 1 atom stereocenters. The Kier molecular flexibility index (Phi) is 8.80. The van der Waals surface area contributed by atoms with Crippen LogP contribution >= 0.6 is 23.4 Å². The van der Waals surface area contributed by atoms with E-state index in [-0.39, 0.29) is 35.2 Å². The molecule has 1 aliphatic rings. The summed E-state index contributed by atoms with van der Waals surface area (Å²) in [7, 11) is 1.61. The van der Waals surface area contributed by atoms with Gasteiger partial charge < -0.3 is 10.1 Å². The quantitative estimate of drug-likeness (QED) is 0.380. The van der Waals surface area contributed by atoms with E-state index in [1.807, 2.05) is 45.0 Å². The molecule has 0 fully saturated rings. The van der Waals surface area contributed by atoms with E-state index in [1.54, 1.807) is 23.9 Å². The number of halogens is 2. The molecule has 202 valence electrons. The van der Waals surface area contributed by atoms with Crippen LogP contribution in [-0.4, -0.2) is 54.2 Å². The van der Waals surface area contributed by atoms with Gasteiger partial charge in [-0.3, -0.25) is 14.5 Å². The van der Waals surface area contributed by atoms with Crippen molar-refractivity contribution in [2.75, 3.05) is 37.5 Å². The number of nitrogens with one attached hydrogen (secondary N) is 1. The highest BCUT2D eigenvalue weighted by Crippen LogP contribution is 2.48. The average Bonchev–Trinajstić information content (AvgIpc) is 3.20. The van der Waals surface area contributed by atoms with E-state index in [0.717, 1.165) is 16.8 Å². The van der Waals surface area contributed by atoms with E-state index >= 15 is 0 Å². The van der Waals surface area contributed by atoms with Crippen LogP contribution in [0.2, 0.25) is 5.02 Å². The highest BCUT2D eigenvalue weighted by molar-refractivity contribution is 8.00. The fourth-order valence-corrected chi connectivity index (χ4v) is 5.84. The molecule has 1 aromatic heterocycles. The van der Waals surface area contributed by atoms with Crippen molar-refractivity contribution >= 4 is 41.0 Å². The van der Waals surface area contributed by atoms with Crippen LogP contribution in [0.25, 0.3) is 5.69 Å². The molecule has 1 N–H and O–H groups in total. The summed E-state index contributed by atoms with van der Waals surface area (Å²) in [5.74, 6) is -0.309. The third-order valence-electron chi connectivity index (χ3n) is 6.18. The number of methoxy groups -OCH3 is 1. The third kappa shape index (κ3) is 6.06. The zero-order valence-corrected chi connectivity index (χ0v) is 23.5. The van der Waals surface area contributed by atoms with Crippen LogP contribution in [0.4, 0.5) is 10.2 Å². The number of thioether (sulfide) groups is 1. The lowest BCUT2D eigenvalue weighted by Crippen LogP contribution is -2.42. The Hall–Kier alpha value is -2.88. The molecule has 0 bridgehead atoms. The first-order valence-electron chi connectivity index (χ1n) is 12.4. The molecule has 0 spiro atoms. The van der Waals surface area contributed by atoms with Crippen LogP contribution in [0, 0.1) is 5.82 Å². The summed E-state index contributed by atoms with van der Waals surface area (Å²) >= 11 is 8.02. The fourth-order valence-electron chi connectivity index (χ4n) is 4.44. The van der Waals surface area contributed by atoms with Crippen molar-refractivity contribution in [2.24, 2.45) is 0 Å². The van der Waals surface area contributed by atoms with Gasteiger partial charge in [-0.15, -0.1) is 11.8 Å². The lowest BCUT2D eigenvalue weighted by Gasteiger charge is -2.24. The number of carbonyl (C=O) groups is 2. The number of nitrogens with zero attached hydrogens (tertiary/aromatic N) is 3. The van der Waals surface area contributed by atoms with Crippen molar-refractivity contribution in [2.45, 2.75) is 37.9 Å². The second kappa shape index (κ2) is 11.9. The molecular weight excluding hydrogens is 527 g/mol. The number of anilines is 1. The second-order valence-corrected chi connectivity index (χ2v) is 11.6. The van der Waals surface area contributed by atoms with E-state index in [9.17, 15) is 14.0 Å². The highest BCUT2D eigenvalue weighted by atomic mass is 35.5. The van der Waals surface area contributed by atoms with Gasteiger partial charge in [-0.25, -0.2) is 9.07 Å². The molecule has 0 radical (unpaired) electrons. The summed E-state index contributed by atoms with van der Waals surface area (Å²) in [6.07, 6.45) is 0.657. The molecule has 7 nitrogen and oxygen atoms in total. The number of carbonyl (C=O) groups excluding carboxylic acids is 2. The second-order valence-electron chi connectivity index (χ2n) is 10.1. The number of hydrogen-bond donors (Lipinski definition) is 1. The van der Waals surface area contributed by atoms with E-state index in [1.165, 1.54) is 28.8 Å². The number of hydrogen-bond acceptors (Lipinski definition) is 5. The molecule has 0 unspecified atom stereocenters. The molecular formula is C28H32ClFN4O3S. The number of para-hydroxylation sites is 1. The molecule has 0 aliphatic carbocycles. The molecule has 4 rings (SSSR count). The van der Waals surface area contributed by atoms with Gasteiger partial charge in [0.05, 0.1) is 27.4 Å². The lowest BCUT2D eigenvalue weighted by molar-refractivity contribution is -0.122. The molecule has 0 saturated heterocycles. The molecule has 2 amide bonds. The van der Waals surface area contributed by atoms with Crippen LogP contribution in [0.15, 0.2) is 48.5 Å². The van der Waals surface area contributed by atoms with Crippen molar-refractivity contribution in [3.8, 4) is 5.69 Å². The van der Waals surface area contributed by atoms with Gasteiger partial charge in [0, 0.05) is 31.2 Å². The predicted molar refractivity (Wildman–Crippen MR) is 150 cm³/mol. The minimum atomic E-state index is -0.426. The first kappa shape index (κ1) is 28.1. The molecule has 38 heavy (non-hydrogen) atoms. The molecule has 2 heterocycles. The van der Waals surface area contributed by atoms with Gasteiger partial charge in [0.1, 0.15) is 18.2 Å². The van der Waals surface area contributed by atoms with Crippen LogP contribution in [0.5, 0.6) is 0 Å². The number of fused-ring (bicyclic) bond motifs is 1. The number of amides is 2. The highest BCUT2D eigenvalue weighted by Gasteiger charge is 2.40. The van der Waals surface area contributed by atoms with E-state index in [4.69, 9.17) is 21.4 Å². The first-order chi connectivity index (χ1) is 18.1. The zero-order chi connectivity index (χ0) is 27.4. The third-order valence-corrected chi connectivity index (χ3v) is 7.76. The summed E-state index contributed by atoms with van der Waals surface area (Å²) in [5, 5.41) is 7.93. The molecule has 0 saturated carbocycles. The summed E-state index contributed by atoms with van der Waals surface area (Å²) in [5.41, 5.74) is 2.40. The maximum absolute atomic E-state index is 14.4. The Bertz CT molecular complexity index is 1320. The van der Waals surface area contributed by atoms with Crippen molar-refractivity contribution < 1.29 is 18.7 Å². The number of aromatic nitrogens is 2. The van der Waals surface area contributed by atoms with E-state index in [0.29, 0.717) is 36.1 Å². The van der Waals surface area contributed by atoms with Gasteiger partial charge in [-0.2, -0.15) is 5.10 Å². The lowest BCUT2D eigenvalue weighted by atomic mass is 9.87. The van der Waals surface area contributed by atoms with Gasteiger partial charge in [0.2, 0.25) is 11.8 Å². The Morgan fingerprint density at radius 3 is 2.68 bits per heavy atom. The number of benzene rings is 2. The van der Waals surface area contributed by atoms with Crippen LogP contribution in [0.3, 0.4) is 0 Å². The topological polar surface area (TPSA) is 76.5 Å². The minimum Gasteiger partial charge on any atom is -0.385 e. The zero-order valence-electron chi connectivity index (χ0n) is 22.0. The van der Waals surface area contributed by atoms with Crippen LogP contribution < -0.4 is 10.2 Å². The van der Waals surface area contributed by atoms with E-state index in [2.05, 4.69) is 5.32 Å². The number of ether oxygens (including phenoxy) is 1. The van der Waals surface area contributed by atoms with Gasteiger partial charge in [0.15, 0.2) is 0 Å². The average molecular weight is 559 g/mol. The maximum atomic E-state index is 14.4. The minimum absolute atomic E-state index is 0.110. The molecule has 3 aromatic rings. The fraction of sp³-hybridized carbons (Fsp3) is 0.393. The molecule has 2 aromatic carbocycles.